The summed E-state index contributed by atoms with van der Waals surface area (Å²) >= 11 is 0. The van der Waals surface area contributed by atoms with Crippen LogP contribution in [0, 0.1) is 17.3 Å². The van der Waals surface area contributed by atoms with Crippen molar-refractivity contribution in [2.45, 2.75) is 44.1 Å². The smallest absolute Gasteiger partial charge is 0.312 e. The number of anilines is 1. The molecule has 1 amide bonds. The average molecular weight is 329 g/mol. The molecule has 4 fully saturated rings. The van der Waals surface area contributed by atoms with E-state index in [1.807, 2.05) is 18.2 Å². The summed E-state index contributed by atoms with van der Waals surface area (Å²) in [7, 11) is 0. The topological polar surface area (TPSA) is 75.6 Å². The van der Waals surface area contributed by atoms with Gasteiger partial charge in [0.1, 0.15) is 0 Å². The van der Waals surface area contributed by atoms with E-state index in [2.05, 4.69) is 5.32 Å². The molecule has 5 nitrogen and oxygen atoms in total. The van der Waals surface area contributed by atoms with Crippen molar-refractivity contribution >= 4 is 17.6 Å². The number of amides is 1. The Hall–Kier alpha value is -1.88. The maximum atomic E-state index is 12.7. The Balaban J connectivity index is 1.37. The lowest BCUT2D eigenvalue weighted by Crippen LogP contribution is -2.58. The van der Waals surface area contributed by atoms with Crippen molar-refractivity contribution in [1.82, 2.24) is 0 Å². The van der Waals surface area contributed by atoms with Crippen LogP contribution in [0.5, 0.6) is 0 Å². The molecule has 0 heterocycles. The van der Waals surface area contributed by atoms with Crippen molar-refractivity contribution in [3.8, 4) is 0 Å². The number of carbonyl (C=O) groups is 2. The molecule has 2 N–H and O–H groups in total. The molecule has 1 aromatic rings. The van der Waals surface area contributed by atoms with Gasteiger partial charge in [-0.15, -0.1) is 0 Å². The fourth-order valence-electron chi connectivity index (χ4n) is 5.46. The van der Waals surface area contributed by atoms with Crippen LogP contribution in [0.1, 0.15) is 38.5 Å². The minimum Gasteiger partial charge on any atom is -0.455 e. The van der Waals surface area contributed by atoms with Crippen molar-refractivity contribution in [3.05, 3.63) is 30.3 Å². The molecule has 24 heavy (non-hydrogen) atoms. The maximum Gasteiger partial charge on any atom is 0.312 e. The highest BCUT2D eigenvalue weighted by molar-refractivity contribution is 5.93. The number of aliphatic hydroxyl groups is 1. The van der Waals surface area contributed by atoms with Crippen LogP contribution in [0.4, 0.5) is 5.69 Å². The van der Waals surface area contributed by atoms with Gasteiger partial charge in [0.05, 0.1) is 11.0 Å². The van der Waals surface area contributed by atoms with E-state index >= 15 is 0 Å². The summed E-state index contributed by atoms with van der Waals surface area (Å²) in [5.41, 5.74) is -0.594. The molecular formula is C19H23NO4. The summed E-state index contributed by atoms with van der Waals surface area (Å²) in [4.78, 5) is 24.7. The molecule has 2 unspecified atom stereocenters. The average Bonchev–Trinajstić information content (AvgIpc) is 2.51. The number of hydrogen-bond acceptors (Lipinski definition) is 4. The Kier molecular flexibility index (Phi) is 3.64. The summed E-state index contributed by atoms with van der Waals surface area (Å²) < 4.78 is 5.34. The van der Waals surface area contributed by atoms with E-state index in [9.17, 15) is 14.7 Å². The van der Waals surface area contributed by atoms with Crippen LogP contribution in [0.15, 0.2) is 30.3 Å². The Morgan fingerprint density at radius 2 is 1.79 bits per heavy atom. The SMILES string of the molecule is O=C(COC(=O)C12CC3CC(CC(O)(C3)C1)C2)Nc1ccccc1. The molecule has 0 saturated heterocycles. The zero-order chi connectivity index (χ0) is 16.8. The van der Waals surface area contributed by atoms with Gasteiger partial charge < -0.3 is 15.2 Å². The molecule has 5 heteroatoms. The minimum atomic E-state index is -0.699. The highest BCUT2D eigenvalue weighted by Gasteiger charge is 2.60. The Morgan fingerprint density at radius 3 is 2.42 bits per heavy atom. The van der Waals surface area contributed by atoms with E-state index in [4.69, 9.17) is 4.74 Å². The predicted octanol–water partition coefficient (Wildman–Crippen LogP) is 2.50. The first kappa shape index (κ1) is 15.6. The standard InChI is InChI=1S/C19H23NO4/c21-16(20-15-4-2-1-3-5-15)11-24-17(22)18-7-13-6-14(8-18)10-19(23,9-13)12-18/h1-5,13-14,23H,6-12H2,(H,20,21). The number of benzene rings is 1. The third kappa shape index (κ3) is 2.81. The van der Waals surface area contributed by atoms with Gasteiger partial charge in [-0.3, -0.25) is 9.59 Å². The molecular weight excluding hydrogens is 306 g/mol. The Bertz CT molecular complexity index is 643. The lowest BCUT2D eigenvalue weighted by molar-refractivity contribution is -0.196. The summed E-state index contributed by atoms with van der Waals surface area (Å²) in [6.45, 7) is -0.275. The van der Waals surface area contributed by atoms with Gasteiger partial charge in [0.25, 0.3) is 5.91 Å². The zero-order valence-corrected chi connectivity index (χ0v) is 13.7. The minimum absolute atomic E-state index is 0.275. The number of nitrogens with one attached hydrogen (secondary N) is 1. The van der Waals surface area contributed by atoms with Crippen LogP contribution in [0.3, 0.4) is 0 Å². The van der Waals surface area contributed by atoms with Crippen molar-refractivity contribution in [2.75, 3.05) is 11.9 Å². The van der Waals surface area contributed by atoms with Gasteiger partial charge in [-0.2, -0.15) is 0 Å². The van der Waals surface area contributed by atoms with Crippen LogP contribution >= 0.6 is 0 Å². The van der Waals surface area contributed by atoms with Gasteiger partial charge in [0.15, 0.2) is 6.61 Å². The zero-order valence-electron chi connectivity index (χ0n) is 13.7. The first-order valence-electron chi connectivity index (χ1n) is 8.71. The van der Waals surface area contributed by atoms with Crippen molar-refractivity contribution in [2.24, 2.45) is 17.3 Å². The van der Waals surface area contributed by atoms with Gasteiger partial charge in [-0.1, -0.05) is 18.2 Å². The molecule has 0 aliphatic heterocycles. The van der Waals surface area contributed by atoms with Gasteiger partial charge in [-0.05, 0) is 62.5 Å². The second-order valence-electron chi connectivity index (χ2n) is 7.96. The van der Waals surface area contributed by atoms with E-state index in [0.717, 1.165) is 32.1 Å². The van der Waals surface area contributed by atoms with Crippen LogP contribution in [-0.2, 0) is 14.3 Å². The third-order valence-corrected chi connectivity index (χ3v) is 5.86. The molecule has 1 aromatic carbocycles. The van der Waals surface area contributed by atoms with Gasteiger partial charge in [-0.25, -0.2) is 0 Å². The van der Waals surface area contributed by atoms with Crippen LogP contribution in [0.25, 0.3) is 0 Å². The predicted molar refractivity (Wildman–Crippen MR) is 88.1 cm³/mol. The number of carbonyl (C=O) groups excluding carboxylic acids is 2. The first-order chi connectivity index (χ1) is 11.5. The maximum absolute atomic E-state index is 12.7. The molecule has 0 radical (unpaired) electrons. The number of esters is 1. The molecule has 4 bridgehead atoms. The van der Waals surface area contributed by atoms with E-state index < -0.39 is 11.0 Å². The molecule has 0 spiro atoms. The summed E-state index contributed by atoms with van der Waals surface area (Å²) in [5, 5.41) is 13.4. The van der Waals surface area contributed by atoms with Crippen molar-refractivity contribution in [1.29, 1.82) is 0 Å². The third-order valence-electron chi connectivity index (χ3n) is 5.86. The summed E-state index contributed by atoms with van der Waals surface area (Å²) in [6.07, 6.45) is 4.83. The first-order valence-corrected chi connectivity index (χ1v) is 8.71. The van der Waals surface area contributed by atoms with Gasteiger partial charge >= 0.3 is 5.97 Å². The normalized spacial score (nSPS) is 36.4. The molecule has 4 aliphatic carbocycles. The summed E-state index contributed by atoms with van der Waals surface area (Å²) in [6, 6.07) is 9.10. The number of para-hydroxylation sites is 1. The second-order valence-corrected chi connectivity index (χ2v) is 7.96. The molecule has 4 saturated carbocycles. The summed E-state index contributed by atoms with van der Waals surface area (Å²) in [5.74, 6) is 0.195. The number of rotatable bonds is 4. The quantitative estimate of drug-likeness (QED) is 0.832. The molecule has 5 rings (SSSR count). The number of ether oxygens (including phenoxy) is 1. The van der Waals surface area contributed by atoms with Crippen LogP contribution in [-0.4, -0.2) is 29.2 Å². The lowest BCUT2D eigenvalue weighted by atomic mass is 9.48. The van der Waals surface area contributed by atoms with Gasteiger partial charge in [0, 0.05) is 5.69 Å². The lowest BCUT2D eigenvalue weighted by Gasteiger charge is -2.58. The van der Waals surface area contributed by atoms with Crippen LogP contribution in [0.2, 0.25) is 0 Å². The highest BCUT2D eigenvalue weighted by Crippen LogP contribution is 2.61. The largest absolute Gasteiger partial charge is 0.455 e. The van der Waals surface area contributed by atoms with E-state index in [-0.39, 0.29) is 18.5 Å². The van der Waals surface area contributed by atoms with E-state index in [1.54, 1.807) is 12.1 Å². The Labute approximate surface area is 141 Å². The van der Waals surface area contributed by atoms with Gasteiger partial charge in [0.2, 0.25) is 0 Å². The Morgan fingerprint density at radius 1 is 1.12 bits per heavy atom. The molecule has 4 aliphatic rings. The molecule has 2 atom stereocenters. The molecule has 128 valence electrons. The fourth-order valence-corrected chi connectivity index (χ4v) is 5.46. The van der Waals surface area contributed by atoms with E-state index in [0.29, 0.717) is 23.9 Å². The van der Waals surface area contributed by atoms with Crippen molar-refractivity contribution in [3.63, 3.8) is 0 Å². The number of hydrogen-bond donors (Lipinski definition) is 2. The second kappa shape index (κ2) is 5.59. The van der Waals surface area contributed by atoms with E-state index in [1.165, 1.54) is 0 Å². The van der Waals surface area contributed by atoms with Crippen LogP contribution < -0.4 is 5.32 Å². The fraction of sp³-hybridized carbons (Fsp3) is 0.579. The molecule has 0 aromatic heterocycles. The van der Waals surface area contributed by atoms with Crippen molar-refractivity contribution < 1.29 is 19.4 Å². The monoisotopic (exact) mass is 329 g/mol. The highest BCUT2D eigenvalue weighted by atomic mass is 16.5.